The number of carbonyl (C=O) groups is 4. The molecule has 4 fully saturated rings. The van der Waals surface area contributed by atoms with Crippen molar-refractivity contribution in [2.75, 3.05) is 13.7 Å². The smallest absolute Gasteiger partial charge is 0.318 e. The topological polar surface area (TPSA) is 96.0 Å². The van der Waals surface area contributed by atoms with Gasteiger partial charge in [-0.2, -0.15) is 0 Å². The van der Waals surface area contributed by atoms with E-state index >= 15 is 0 Å². The summed E-state index contributed by atoms with van der Waals surface area (Å²) in [4.78, 5) is 51.4. The normalized spacial score (nSPS) is 33.6. The zero-order valence-electron chi connectivity index (χ0n) is 18.2. The Balaban J connectivity index is -0.000000454. The summed E-state index contributed by atoms with van der Waals surface area (Å²) in [6.07, 6.45) is 4.08. The highest BCUT2D eigenvalue weighted by molar-refractivity contribution is 6.00. The van der Waals surface area contributed by atoms with Crippen molar-refractivity contribution < 1.29 is 33.4 Å². The number of hydrogen-bond donors (Lipinski definition) is 0. The number of carbonyl (C=O) groups excluding carboxylic acids is 4. The van der Waals surface area contributed by atoms with Gasteiger partial charge in [-0.3, -0.25) is 19.2 Å². The molecule has 0 aromatic carbocycles. The minimum Gasteiger partial charge on any atom is -0.469 e. The maximum atomic E-state index is 13.1. The van der Waals surface area contributed by atoms with Crippen LogP contribution in [0, 0.1) is 52.8 Å². The molecule has 2 saturated carbocycles. The third-order valence-corrected chi connectivity index (χ3v) is 8.70. The zero-order chi connectivity index (χ0) is 21.8. The molecule has 4 aliphatic rings. The highest BCUT2D eigenvalue weighted by Gasteiger charge is 2.64. The number of esters is 4. The van der Waals surface area contributed by atoms with Gasteiger partial charge in [-0.25, -0.2) is 0 Å². The zero-order valence-corrected chi connectivity index (χ0v) is 18.2. The molecule has 0 amide bonds. The van der Waals surface area contributed by atoms with Gasteiger partial charge in [-0.05, 0) is 68.6 Å². The summed E-state index contributed by atoms with van der Waals surface area (Å²) < 4.78 is 15.5. The Morgan fingerprint density at radius 3 is 1.89 bits per heavy atom. The van der Waals surface area contributed by atoms with E-state index in [-0.39, 0.29) is 83.6 Å². The summed E-state index contributed by atoms with van der Waals surface area (Å²) in [6.45, 7) is 6.12. The summed E-state index contributed by atoms with van der Waals surface area (Å²) in [7, 11) is 1.28. The predicted octanol–water partition coefficient (Wildman–Crippen LogP) is 7.84. The average Bonchev–Trinajstić information content (AvgIpc) is 3.37. The van der Waals surface area contributed by atoms with E-state index in [9.17, 15) is 19.2 Å². The molecule has 7 nitrogen and oxygen atoms in total. The molecule has 2 aliphatic carbocycles. The third kappa shape index (κ3) is 7.18. The molecule has 0 aromatic heterocycles. The summed E-state index contributed by atoms with van der Waals surface area (Å²) >= 11 is 0. The van der Waals surface area contributed by atoms with Crippen molar-refractivity contribution in [2.24, 2.45) is 52.8 Å². The predicted molar refractivity (Wildman–Crippen MR) is 158 cm³/mol. The second-order valence-electron chi connectivity index (χ2n) is 10.2. The van der Waals surface area contributed by atoms with Crippen LogP contribution < -0.4 is 0 Å². The Morgan fingerprint density at radius 2 is 1.42 bits per heavy atom. The van der Waals surface area contributed by atoms with Crippen molar-refractivity contribution in [3.8, 4) is 0 Å². The molecule has 0 radical (unpaired) electrons. The van der Waals surface area contributed by atoms with Crippen LogP contribution in [0.3, 0.4) is 0 Å². The summed E-state index contributed by atoms with van der Waals surface area (Å²) in [5.74, 6) is -2.98. The van der Waals surface area contributed by atoms with Gasteiger partial charge in [0.15, 0.2) is 0 Å². The van der Waals surface area contributed by atoms with Crippen molar-refractivity contribution in [3.05, 3.63) is 0 Å². The number of hydrogen-bond acceptors (Lipinski definition) is 7. The van der Waals surface area contributed by atoms with E-state index in [4.69, 9.17) is 14.2 Å². The first-order chi connectivity index (χ1) is 14.2. The fourth-order valence-corrected chi connectivity index (χ4v) is 6.99. The van der Waals surface area contributed by atoms with E-state index in [1.807, 2.05) is 6.92 Å². The number of methoxy groups -OCH3 is 1. The van der Waals surface area contributed by atoms with Crippen LogP contribution in [-0.2, 0) is 33.4 Å². The summed E-state index contributed by atoms with van der Waals surface area (Å²) in [5.41, 5.74) is -1.33. The molecule has 2 bridgehead atoms. The van der Waals surface area contributed by atoms with Crippen LogP contribution in [-0.4, -0.2) is 37.6 Å². The molecule has 2 saturated heterocycles. The lowest BCUT2D eigenvalue weighted by atomic mass is 9.60. The van der Waals surface area contributed by atoms with Crippen LogP contribution in [0.1, 0.15) is 112 Å². The van der Waals surface area contributed by atoms with E-state index in [2.05, 4.69) is 6.92 Å². The van der Waals surface area contributed by atoms with Crippen molar-refractivity contribution >= 4 is 23.9 Å². The quantitative estimate of drug-likeness (QED) is 0.196. The SMILES string of the molecule is C.C.C.C.C.C.C.C.COC(=O)C(C)(CC1C(=O)OCCC1C)C1C(=O)OC(=O)C1C1C2CCC(C2)C1C. The van der Waals surface area contributed by atoms with Gasteiger partial charge in [0.1, 0.15) is 0 Å². The molecule has 38 heavy (non-hydrogen) atoms. The minimum absolute atomic E-state index is 0. The maximum absolute atomic E-state index is 13.1. The lowest BCUT2D eigenvalue weighted by molar-refractivity contribution is -0.170. The molecule has 0 spiro atoms. The maximum Gasteiger partial charge on any atom is 0.318 e. The van der Waals surface area contributed by atoms with E-state index in [1.54, 1.807) is 6.92 Å². The second kappa shape index (κ2) is 16.9. The Kier molecular flexibility index (Phi) is 20.5. The monoisotopic (exact) mass is 548 g/mol. The van der Waals surface area contributed by atoms with Crippen LogP contribution in [0.2, 0.25) is 0 Å². The molecule has 4 rings (SSSR count). The molecule has 0 N–H and O–H groups in total. The highest BCUT2D eigenvalue weighted by Crippen LogP contribution is 2.59. The Morgan fingerprint density at radius 1 is 0.868 bits per heavy atom. The van der Waals surface area contributed by atoms with Crippen LogP contribution in [0.15, 0.2) is 0 Å². The fraction of sp³-hybridized carbons (Fsp3) is 0.871. The third-order valence-electron chi connectivity index (χ3n) is 8.70. The van der Waals surface area contributed by atoms with Gasteiger partial charge < -0.3 is 14.2 Å². The Hall–Kier alpha value is -1.92. The van der Waals surface area contributed by atoms with E-state index in [0.717, 1.165) is 19.3 Å². The summed E-state index contributed by atoms with van der Waals surface area (Å²) in [6, 6.07) is 0. The van der Waals surface area contributed by atoms with E-state index in [0.29, 0.717) is 30.8 Å². The van der Waals surface area contributed by atoms with Crippen LogP contribution >= 0.6 is 0 Å². The fourth-order valence-electron chi connectivity index (χ4n) is 6.99. The minimum atomic E-state index is -1.33. The van der Waals surface area contributed by atoms with E-state index in [1.165, 1.54) is 7.11 Å². The van der Waals surface area contributed by atoms with Crippen molar-refractivity contribution in [1.82, 2.24) is 0 Å². The number of cyclic esters (lactones) is 3. The van der Waals surface area contributed by atoms with Crippen molar-refractivity contribution in [2.45, 2.75) is 112 Å². The lowest BCUT2D eigenvalue weighted by Gasteiger charge is -2.41. The van der Waals surface area contributed by atoms with Gasteiger partial charge in [-0.15, -0.1) is 0 Å². The molecule has 2 heterocycles. The lowest BCUT2D eigenvalue weighted by Crippen LogP contribution is -2.49. The first-order valence-corrected chi connectivity index (χ1v) is 11.2. The summed E-state index contributed by atoms with van der Waals surface area (Å²) in [5, 5.41) is 0. The van der Waals surface area contributed by atoms with E-state index < -0.39 is 41.1 Å². The average molecular weight is 549 g/mol. The van der Waals surface area contributed by atoms with Crippen LogP contribution in [0.4, 0.5) is 0 Å². The first kappa shape index (κ1) is 46.0. The second-order valence-corrected chi connectivity index (χ2v) is 10.2. The Labute approximate surface area is 236 Å². The molecule has 0 aromatic rings. The van der Waals surface area contributed by atoms with Gasteiger partial charge in [-0.1, -0.05) is 73.3 Å². The number of ether oxygens (including phenoxy) is 3. The van der Waals surface area contributed by atoms with Crippen LogP contribution in [0.25, 0.3) is 0 Å². The van der Waals surface area contributed by atoms with Crippen molar-refractivity contribution in [3.63, 3.8) is 0 Å². The van der Waals surface area contributed by atoms with Gasteiger partial charge in [0, 0.05) is 0 Å². The molecule has 9 atom stereocenters. The van der Waals surface area contributed by atoms with Gasteiger partial charge >= 0.3 is 23.9 Å². The van der Waals surface area contributed by atoms with Crippen LogP contribution in [0.5, 0.6) is 0 Å². The van der Waals surface area contributed by atoms with Gasteiger partial charge in [0.25, 0.3) is 0 Å². The molecule has 2 aliphatic heterocycles. The standard InChI is InChI=1S/C23H32O7.8CH4/c1-11-7-8-29-19(24)15(11)10-23(3,22(27)28-4)18-17(20(25)30-21(18)26)16-12(2)13-5-6-14(16)9-13;;;;;;;;/h11-18H,5-10H2,1-4H3;8*1H4. The highest BCUT2D eigenvalue weighted by atomic mass is 16.6. The molecular weight excluding hydrogens is 484 g/mol. The first-order valence-electron chi connectivity index (χ1n) is 11.2. The largest absolute Gasteiger partial charge is 0.469 e. The molecule has 9 unspecified atom stereocenters. The number of rotatable bonds is 5. The van der Waals surface area contributed by atoms with Gasteiger partial charge in [0.05, 0.1) is 36.9 Å². The molecule has 7 heteroatoms. The molecule has 230 valence electrons. The number of fused-ring (bicyclic) bond motifs is 2. The Bertz CT molecular complexity index is 761. The van der Waals surface area contributed by atoms with Crippen molar-refractivity contribution in [1.29, 1.82) is 0 Å². The molecular formula is C31H64O7. The van der Waals surface area contributed by atoms with Gasteiger partial charge in [0.2, 0.25) is 0 Å².